The van der Waals surface area contributed by atoms with Crippen molar-refractivity contribution < 1.29 is 0 Å². The third kappa shape index (κ3) is 26.8. The van der Waals surface area contributed by atoms with Crippen molar-refractivity contribution in [2.24, 2.45) is 0 Å². The fourth-order valence-electron chi connectivity index (χ4n) is 11.7. The van der Waals surface area contributed by atoms with Crippen LogP contribution in [0.1, 0.15) is 318 Å². The van der Waals surface area contributed by atoms with Crippen molar-refractivity contribution in [1.29, 1.82) is 0 Å². The van der Waals surface area contributed by atoms with Crippen molar-refractivity contribution in [3.05, 3.63) is 81.9 Å². The topological polar surface area (TPSA) is 0 Å². The van der Waals surface area contributed by atoms with Crippen LogP contribution in [0.5, 0.6) is 0 Å². The van der Waals surface area contributed by atoms with Gasteiger partial charge in [0, 0.05) is 20.9 Å². The molecule has 0 N–H and O–H groups in total. The first-order valence-corrected chi connectivity index (χ1v) is 34.8. The number of hydrogen-bond donors (Lipinski definition) is 0. The molecule has 2 heteroatoms. The molecule has 0 fully saturated rings. The standard InChI is InChI=1S/C72H114S2/c1-7-11-15-19-23-27-31-35-39-43-47-61-53-67-57-65(71(73-5)59-69(67)55-63(61)49-45-41-37-33-29-25-21-17-13-9-3)51-52-66-58-68-54-62(48-44-40-36-32-28-24-20-16-12-8-2)64(56-70(68)60-72(66)74-6)50-46-42-38-34-30-26-22-18-14-10-4/h53-60H,7-50H2,1-6H3. The van der Waals surface area contributed by atoms with Gasteiger partial charge in [0.05, 0.1) is 0 Å². The summed E-state index contributed by atoms with van der Waals surface area (Å²) in [6, 6.07) is 20.1. The van der Waals surface area contributed by atoms with E-state index < -0.39 is 0 Å². The van der Waals surface area contributed by atoms with Crippen molar-refractivity contribution in [1.82, 2.24) is 0 Å². The van der Waals surface area contributed by atoms with Crippen molar-refractivity contribution >= 4 is 45.1 Å². The number of fused-ring (bicyclic) bond motifs is 2. The minimum atomic E-state index is 1.18. The van der Waals surface area contributed by atoms with E-state index in [1.54, 1.807) is 22.3 Å². The molecule has 0 heterocycles. The molecule has 0 aromatic heterocycles. The Kier molecular flexibility index (Phi) is 37.0. The molecule has 0 aliphatic carbocycles. The van der Waals surface area contributed by atoms with Crippen LogP contribution in [0, 0.1) is 11.8 Å². The maximum Gasteiger partial charge on any atom is 0.0391 e. The molecule has 0 aliphatic rings. The predicted molar refractivity (Wildman–Crippen MR) is 340 cm³/mol. The van der Waals surface area contributed by atoms with Crippen molar-refractivity contribution in [3.63, 3.8) is 0 Å². The Hall–Kier alpha value is -2.34. The van der Waals surface area contributed by atoms with Gasteiger partial charge in [0.15, 0.2) is 0 Å². The normalized spacial score (nSPS) is 11.6. The Morgan fingerprint density at radius 3 is 0.635 bits per heavy atom. The zero-order valence-corrected chi connectivity index (χ0v) is 51.2. The number of rotatable bonds is 46. The van der Waals surface area contributed by atoms with Crippen LogP contribution in [0.4, 0.5) is 0 Å². The lowest BCUT2D eigenvalue weighted by Gasteiger charge is -2.14. The lowest BCUT2D eigenvalue weighted by atomic mass is 9.92. The first kappa shape index (κ1) is 64.2. The molecule has 0 unspecified atom stereocenters. The average Bonchev–Trinajstić information content (AvgIpc) is 3.41. The van der Waals surface area contributed by atoms with Crippen LogP contribution >= 0.6 is 23.5 Å². The van der Waals surface area contributed by atoms with E-state index in [2.05, 4.69) is 101 Å². The summed E-state index contributed by atoms with van der Waals surface area (Å²) in [6.07, 6.45) is 65.1. The number of benzene rings is 4. The first-order valence-electron chi connectivity index (χ1n) is 32.3. The minimum absolute atomic E-state index is 1.18. The molecule has 0 saturated heterocycles. The molecular weight excluding hydrogens is 929 g/mol. The molecule has 74 heavy (non-hydrogen) atoms. The number of hydrogen-bond acceptors (Lipinski definition) is 2. The molecule has 4 aromatic carbocycles. The van der Waals surface area contributed by atoms with Gasteiger partial charge in [0.25, 0.3) is 0 Å². The van der Waals surface area contributed by atoms with Crippen molar-refractivity contribution in [2.45, 2.75) is 320 Å². The molecule has 0 aliphatic heterocycles. The van der Waals surface area contributed by atoms with Crippen LogP contribution in [-0.4, -0.2) is 12.5 Å². The third-order valence-corrected chi connectivity index (χ3v) is 18.0. The quantitative estimate of drug-likeness (QED) is 0.0246. The second kappa shape index (κ2) is 42.7. The highest BCUT2D eigenvalue weighted by Gasteiger charge is 2.13. The van der Waals surface area contributed by atoms with Gasteiger partial charge in [-0.1, -0.05) is 295 Å². The molecule has 0 atom stereocenters. The Bertz CT molecular complexity index is 1950. The molecule has 0 amide bonds. The van der Waals surface area contributed by atoms with Crippen molar-refractivity contribution in [3.8, 4) is 11.8 Å². The van der Waals surface area contributed by atoms with E-state index in [0.29, 0.717) is 0 Å². The van der Waals surface area contributed by atoms with E-state index in [1.165, 1.54) is 325 Å². The summed E-state index contributed by atoms with van der Waals surface area (Å²) >= 11 is 3.72. The highest BCUT2D eigenvalue weighted by Crippen LogP contribution is 2.33. The molecule has 4 rings (SSSR count). The van der Waals surface area contributed by atoms with Gasteiger partial charge in [-0.05, 0) is 132 Å². The van der Waals surface area contributed by atoms with E-state index in [9.17, 15) is 0 Å². The molecule has 0 nitrogen and oxygen atoms in total. The zero-order valence-electron chi connectivity index (χ0n) is 49.5. The molecule has 414 valence electrons. The van der Waals surface area contributed by atoms with Crippen molar-refractivity contribution in [2.75, 3.05) is 12.5 Å². The van der Waals surface area contributed by atoms with Gasteiger partial charge in [-0.3, -0.25) is 0 Å². The average molecular weight is 1040 g/mol. The van der Waals surface area contributed by atoms with E-state index in [-0.39, 0.29) is 0 Å². The maximum atomic E-state index is 3.78. The highest BCUT2D eigenvalue weighted by atomic mass is 32.2. The summed E-state index contributed by atoms with van der Waals surface area (Å²) in [5.41, 5.74) is 8.78. The summed E-state index contributed by atoms with van der Waals surface area (Å²) in [5, 5.41) is 5.54. The number of thioether (sulfide) groups is 2. The second-order valence-corrected chi connectivity index (χ2v) is 24.7. The van der Waals surface area contributed by atoms with E-state index in [4.69, 9.17) is 0 Å². The monoisotopic (exact) mass is 1040 g/mol. The second-order valence-electron chi connectivity index (χ2n) is 23.0. The van der Waals surface area contributed by atoms with Gasteiger partial charge in [-0.25, -0.2) is 0 Å². The smallest absolute Gasteiger partial charge is 0.0391 e. The molecule has 4 aromatic rings. The van der Waals surface area contributed by atoms with Crippen LogP contribution in [0.15, 0.2) is 58.3 Å². The van der Waals surface area contributed by atoms with Gasteiger partial charge in [-0.15, -0.1) is 23.5 Å². The number of unbranched alkanes of at least 4 members (excludes halogenated alkanes) is 36. The third-order valence-electron chi connectivity index (χ3n) is 16.5. The van der Waals surface area contributed by atoms with Crippen LogP contribution in [-0.2, 0) is 25.7 Å². The molecule has 0 spiro atoms. The maximum absolute atomic E-state index is 3.78. The van der Waals surface area contributed by atoms with E-state index >= 15 is 0 Å². The summed E-state index contributed by atoms with van der Waals surface area (Å²) in [7, 11) is 0. The van der Waals surface area contributed by atoms with Gasteiger partial charge < -0.3 is 0 Å². The summed E-state index contributed by atoms with van der Waals surface area (Å²) in [5.74, 6) is 7.56. The molecule has 0 radical (unpaired) electrons. The lowest BCUT2D eigenvalue weighted by molar-refractivity contribution is 0.553. The SMILES string of the molecule is CCCCCCCCCCCCc1cc2cc(C#Cc3cc4cc(CCCCCCCCCCCC)c(CCCCCCCCCCCC)cc4cc3SC)c(SC)cc2cc1CCCCCCCCCCCC. The van der Waals surface area contributed by atoms with Gasteiger partial charge in [0.1, 0.15) is 0 Å². The van der Waals surface area contributed by atoms with E-state index in [1.807, 2.05) is 23.5 Å². The Labute approximate surface area is 468 Å². The Morgan fingerprint density at radius 1 is 0.243 bits per heavy atom. The number of aryl methyl sites for hydroxylation is 4. The zero-order chi connectivity index (χ0) is 52.5. The molecule has 0 bridgehead atoms. The Balaban J connectivity index is 1.51. The molecular formula is C72H114S2. The Morgan fingerprint density at radius 2 is 0.432 bits per heavy atom. The van der Waals surface area contributed by atoms with Crippen LogP contribution in [0.3, 0.4) is 0 Å². The lowest BCUT2D eigenvalue weighted by Crippen LogP contribution is -1.98. The van der Waals surface area contributed by atoms with Gasteiger partial charge in [0.2, 0.25) is 0 Å². The van der Waals surface area contributed by atoms with Gasteiger partial charge in [-0.2, -0.15) is 0 Å². The molecule has 0 saturated carbocycles. The fraction of sp³-hybridized carbons (Fsp3) is 0.694. The highest BCUT2D eigenvalue weighted by molar-refractivity contribution is 7.99. The van der Waals surface area contributed by atoms with E-state index in [0.717, 1.165) is 0 Å². The van der Waals surface area contributed by atoms with Gasteiger partial charge >= 0.3 is 0 Å². The van der Waals surface area contributed by atoms with Crippen LogP contribution in [0.2, 0.25) is 0 Å². The van der Waals surface area contributed by atoms with Crippen LogP contribution in [0.25, 0.3) is 21.5 Å². The predicted octanol–water partition coefficient (Wildman–Crippen LogP) is 24.7. The summed E-state index contributed by atoms with van der Waals surface area (Å²) in [6.45, 7) is 9.28. The summed E-state index contributed by atoms with van der Waals surface area (Å²) < 4.78 is 0. The van der Waals surface area contributed by atoms with Crippen LogP contribution < -0.4 is 0 Å². The summed E-state index contributed by atoms with van der Waals surface area (Å²) in [4.78, 5) is 2.61. The minimum Gasteiger partial charge on any atom is -0.128 e. The fourth-order valence-corrected chi connectivity index (χ4v) is 12.8. The first-order chi connectivity index (χ1) is 36.5. The largest absolute Gasteiger partial charge is 0.128 e.